The standard InChI is InChI=1S/C16H15F3N2O4S/c1-26(23,24)13-6-4-11(5-7-13)14(22)21-9-12-3-2-8-20-15(12)25-10-16(17,18)19/h2-8H,9-10H2,1H3,(H,21,22). The second-order valence-corrected chi connectivity index (χ2v) is 7.37. The fourth-order valence-corrected chi connectivity index (χ4v) is 2.60. The predicted octanol–water partition coefficient (Wildman–Crippen LogP) is 2.36. The van der Waals surface area contributed by atoms with Crippen molar-refractivity contribution in [2.24, 2.45) is 0 Å². The Morgan fingerprint density at radius 3 is 2.42 bits per heavy atom. The van der Waals surface area contributed by atoms with Crippen LogP contribution in [0.5, 0.6) is 5.88 Å². The van der Waals surface area contributed by atoms with E-state index in [-0.39, 0.29) is 28.4 Å². The number of nitrogens with one attached hydrogen (secondary N) is 1. The minimum absolute atomic E-state index is 0.0733. The highest BCUT2D eigenvalue weighted by molar-refractivity contribution is 7.90. The largest absolute Gasteiger partial charge is 0.468 e. The first-order chi connectivity index (χ1) is 12.1. The van der Waals surface area contributed by atoms with Gasteiger partial charge in [0, 0.05) is 30.1 Å². The summed E-state index contributed by atoms with van der Waals surface area (Å²) in [5.74, 6) is -0.742. The van der Waals surface area contributed by atoms with E-state index in [0.717, 1.165) is 6.26 Å². The summed E-state index contributed by atoms with van der Waals surface area (Å²) in [5.41, 5.74) is 0.483. The number of alkyl halides is 3. The molecule has 0 unspecified atom stereocenters. The van der Waals surface area contributed by atoms with Crippen molar-refractivity contribution in [3.05, 3.63) is 53.7 Å². The number of hydrogen-bond donors (Lipinski definition) is 1. The predicted molar refractivity (Wildman–Crippen MR) is 86.5 cm³/mol. The van der Waals surface area contributed by atoms with Gasteiger partial charge in [-0.1, -0.05) is 6.07 Å². The molecule has 1 N–H and O–H groups in total. The third-order valence-electron chi connectivity index (χ3n) is 3.21. The first-order valence-corrected chi connectivity index (χ1v) is 9.17. The Bertz CT molecular complexity index is 881. The Morgan fingerprint density at radius 2 is 1.85 bits per heavy atom. The molecule has 0 saturated carbocycles. The Balaban J connectivity index is 2.03. The molecule has 1 amide bonds. The van der Waals surface area contributed by atoms with Crippen molar-refractivity contribution in [3.8, 4) is 5.88 Å². The van der Waals surface area contributed by atoms with E-state index in [0.29, 0.717) is 0 Å². The molecule has 0 spiro atoms. The van der Waals surface area contributed by atoms with Gasteiger partial charge < -0.3 is 10.1 Å². The molecule has 1 heterocycles. The number of rotatable bonds is 6. The third kappa shape index (κ3) is 5.73. The Labute approximate surface area is 147 Å². The van der Waals surface area contributed by atoms with E-state index in [1.165, 1.54) is 42.6 Å². The number of halogens is 3. The topological polar surface area (TPSA) is 85.4 Å². The maximum Gasteiger partial charge on any atom is 0.422 e. The average molecular weight is 388 g/mol. The summed E-state index contributed by atoms with van der Waals surface area (Å²) in [6, 6.07) is 8.26. The molecular formula is C16H15F3N2O4S. The third-order valence-corrected chi connectivity index (χ3v) is 4.34. The van der Waals surface area contributed by atoms with Crippen LogP contribution in [0.2, 0.25) is 0 Å². The zero-order valence-corrected chi connectivity index (χ0v) is 14.4. The van der Waals surface area contributed by atoms with Crippen molar-refractivity contribution in [2.75, 3.05) is 12.9 Å². The van der Waals surface area contributed by atoms with Crippen molar-refractivity contribution >= 4 is 15.7 Å². The van der Waals surface area contributed by atoms with Crippen LogP contribution in [0.25, 0.3) is 0 Å². The number of carbonyl (C=O) groups is 1. The number of ether oxygens (including phenoxy) is 1. The smallest absolute Gasteiger partial charge is 0.422 e. The average Bonchev–Trinajstić information content (AvgIpc) is 2.57. The van der Waals surface area contributed by atoms with Crippen LogP contribution in [0.4, 0.5) is 13.2 Å². The summed E-state index contributed by atoms with van der Waals surface area (Å²) in [7, 11) is -3.37. The number of sulfone groups is 1. The van der Waals surface area contributed by atoms with Crippen molar-refractivity contribution in [1.82, 2.24) is 10.3 Å². The molecule has 140 valence electrons. The van der Waals surface area contributed by atoms with Gasteiger partial charge in [0.25, 0.3) is 5.91 Å². The fourth-order valence-electron chi connectivity index (χ4n) is 1.97. The van der Waals surface area contributed by atoms with Gasteiger partial charge in [0.2, 0.25) is 5.88 Å². The lowest BCUT2D eigenvalue weighted by molar-refractivity contribution is -0.154. The van der Waals surface area contributed by atoms with Crippen molar-refractivity contribution in [3.63, 3.8) is 0 Å². The summed E-state index contributed by atoms with van der Waals surface area (Å²) < 4.78 is 64.2. The molecule has 6 nitrogen and oxygen atoms in total. The van der Waals surface area contributed by atoms with E-state index >= 15 is 0 Å². The van der Waals surface area contributed by atoms with Crippen molar-refractivity contribution in [1.29, 1.82) is 0 Å². The highest BCUT2D eigenvalue weighted by atomic mass is 32.2. The van der Waals surface area contributed by atoms with E-state index in [1.807, 2.05) is 0 Å². The van der Waals surface area contributed by atoms with Gasteiger partial charge in [-0.2, -0.15) is 13.2 Å². The first-order valence-electron chi connectivity index (χ1n) is 7.28. The maximum absolute atomic E-state index is 12.3. The first kappa shape index (κ1) is 19.7. The van der Waals surface area contributed by atoms with Crippen molar-refractivity contribution in [2.45, 2.75) is 17.6 Å². The van der Waals surface area contributed by atoms with Crippen LogP contribution in [0.1, 0.15) is 15.9 Å². The molecule has 0 atom stereocenters. The van der Waals surface area contributed by atoms with Gasteiger partial charge in [0.1, 0.15) is 0 Å². The lowest BCUT2D eigenvalue weighted by Crippen LogP contribution is -2.24. The SMILES string of the molecule is CS(=O)(=O)c1ccc(C(=O)NCc2cccnc2OCC(F)(F)F)cc1. The number of amides is 1. The Hall–Kier alpha value is -2.62. The quantitative estimate of drug-likeness (QED) is 0.821. The van der Waals surface area contributed by atoms with E-state index in [2.05, 4.69) is 15.0 Å². The monoisotopic (exact) mass is 388 g/mol. The molecule has 10 heteroatoms. The van der Waals surface area contributed by atoms with E-state index in [9.17, 15) is 26.4 Å². The summed E-state index contributed by atoms with van der Waals surface area (Å²) in [4.78, 5) is 15.9. The molecule has 1 aromatic carbocycles. The number of aromatic nitrogens is 1. The molecule has 0 aliphatic rings. The molecular weight excluding hydrogens is 373 g/mol. The van der Waals surface area contributed by atoms with Gasteiger partial charge in [-0.25, -0.2) is 13.4 Å². The minimum Gasteiger partial charge on any atom is -0.468 e. The van der Waals surface area contributed by atoms with Crippen LogP contribution < -0.4 is 10.1 Å². The molecule has 2 aromatic rings. The van der Waals surface area contributed by atoms with E-state index < -0.39 is 28.5 Å². The summed E-state index contributed by atoms with van der Waals surface area (Å²) in [6.07, 6.45) is -2.17. The highest BCUT2D eigenvalue weighted by Gasteiger charge is 2.29. The van der Waals surface area contributed by atoms with Crippen LogP contribution in [0, 0.1) is 0 Å². The molecule has 26 heavy (non-hydrogen) atoms. The van der Waals surface area contributed by atoms with Crippen LogP contribution in [0.15, 0.2) is 47.5 Å². The molecule has 1 aromatic heterocycles. The lowest BCUT2D eigenvalue weighted by Gasteiger charge is -2.12. The van der Waals surface area contributed by atoms with Crippen LogP contribution in [-0.2, 0) is 16.4 Å². The normalized spacial score (nSPS) is 11.8. The Kier molecular flexibility index (Phi) is 5.86. The van der Waals surface area contributed by atoms with Gasteiger partial charge in [-0.05, 0) is 30.3 Å². The molecule has 2 rings (SSSR count). The van der Waals surface area contributed by atoms with Crippen LogP contribution in [0.3, 0.4) is 0 Å². The van der Waals surface area contributed by atoms with Crippen molar-refractivity contribution < 1.29 is 31.1 Å². The van der Waals surface area contributed by atoms with E-state index in [4.69, 9.17) is 0 Å². The molecule has 0 radical (unpaired) electrons. The van der Waals surface area contributed by atoms with Gasteiger partial charge in [-0.15, -0.1) is 0 Å². The van der Waals surface area contributed by atoms with Crippen LogP contribution >= 0.6 is 0 Å². The maximum atomic E-state index is 12.3. The molecule has 0 aliphatic carbocycles. The number of benzene rings is 1. The lowest BCUT2D eigenvalue weighted by atomic mass is 10.2. The molecule has 0 aliphatic heterocycles. The zero-order valence-electron chi connectivity index (χ0n) is 13.6. The summed E-state index contributed by atoms with van der Waals surface area (Å²) in [5, 5.41) is 2.52. The van der Waals surface area contributed by atoms with Gasteiger partial charge in [0.05, 0.1) is 4.90 Å². The van der Waals surface area contributed by atoms with Gasteiger partial charge >= 0.3 is 6.18 Å². The molecule has 0 fully saturated rings. The second kappa shape index (κ2) is 7.73. The summed E-state index contributed by atoms with van der Waals surface area (Å²) in [6.45, 7) is -1.59. The van der Waals surface area contributed by atoms with Gasteiger partial charge in [0.15, 0.2) is 16.4 Å². The minimum atomic E-state index is -4.50. The number of pyridine rings is 1. The second-order valence-electron chi connectivity index (χ2n) is 5.35. The number of carbonyl (C=O) groups excluding carboxylic acids is 1. The Morgan fingerprint density at radius 1 is 1.19 bits per heavy atom. The molecule has 0 saturated heterocycles. The van der Waals surface area contributed by atoms with Gasteiger partial charge in [-0.3, -0.25) is 4.79 Å². The highest BCUT2D eigenvalue weighted by Crippen LogP contribution is 2.20. The molecule has 0 bridgehead atoms. The number of hydrogen-bond acceptors (Lipinski definition) is 5. The summed E-state index contributed by atoms with van der Waals surface area (Å²) >= 11 is 0. The zero-order chi connectivity index (χ0) is 19.4. The van der Waals surface area contributed by atoms with Crippen LogP contribution in [-0.4, -0.2) is 38.3 Å². The van der Waals surface area contributed by atoms with E-state index in [1.54, 1.807) is 0 Å². The fraction of sp³-hybridized carbons (Fsp3) is 0.250. The number of nitrogens with zero attached hydrogens (tertiary/aromatic N) is 1.